The molecule has 3 nitrogen and oxygen atoms in total. The molecule has 17 heavy (non-hydrogen) atoms. The van der Waals surface area contributed by atoms with Crippen LogP contribution in [0.5, 0.6) is 0 Å². The van der Waals surface area contributed by atoms with Gasteiger partial charge in [-0.05, 0) is 20.8 Å². The van der Waals surface area contributed by atoms with E-state index in [9.17, 15) is 4.79 Å². The maximum atomic E-state index is 12.1. The lowest BCUT2D eigenvalue weighted by Crippen LogP contribution is -3.12. The van der Waals surface area contributed by atoms with Crippen molar-refractivity contribution < 1.29 is 14.4 Å². The minimum atomic E-state index is -0.203. The smallest absolute Gasteiger partial charge is 0.369 e. The molecule has 1 aromatic carbocycles. The highest BCUT2D eigenvalue weighted by Gasteiger charge is 2.30. The summed E-state index contributed by atoms with van der Waals surface area (Å²) >= 11 is 0. The number of nitrogens with one attached hydrogen (secondary N) is 1. The Morgan fingerprint density at radius 3 is 2.24 bits per heavy atom. The number of rotatable bonds is 6. The lowest BCUT2D eigenvalue weighted by atomic mass is 10.1. The number of quaternary nitrogens is 1. The van der Waals surface area contributed by atoms with Crippen LogP contribution in [-0.2, 0) is 9.53 Å². The number of ether oxygens (including phenoxy) is 1. The molecule has 1 unspecified atom stereocenters. The van der Waals surface area contributed by atoms with Crippen LogP contribution in [0.3, 0.4) is 0 Å². The zero-order valence-corrected chi connectivity index (χ0v) is 10.9. The van der Waals surface area contributed by atoms with Crippen molar-refractivity contribution in [1.82, 2.24) is 0 Å². The monoisotopic (exact) mass is 236 g/mol. The second-order valence-electron chi connectivity index (χ2n) is 3.96. The van der Waals surface area contributed by atoms with Gasteiger partial charge in [0.15, 0.2) is 0 Å². The molecule has 0 aliphatic rings. The standard InChI is InChI=1S/C14H21NO2/c1-4-15(5-2)13(14(16)17-6-3)12-10-8-7-9-11-12/h7-11,13H,4-6H2,1-3H3/p+1. The summed E-state index contributed by atoms with van der Waals surface area (Å²) in [5, 5.41) is 0. The molecular weight excluding hydrogens is 214 g/mol. The minimum absolute atomic E-state index is 0.127. The van der Waals surface area contributed by atoms with Crippen LogP contribution < -0.4 is 4.90 Å². The van der Waals surface area contributed by atoms with E-state index in [0.717, 1.165) is 18.7 Å². The van der Waals surface area contributed by atoms with Crippen LogP contribution in [0.15, 0.2) is 30.3 Å². The van der Waals surface area contributed by atoms with Crippen molar-refractivity contribution in [3.8, 4) is 0 Å². The van der Waals surface area contributed by atoms with Gasteiger partial charge >= 0.3 is 5.97 Å². The normalized spacial score (nSPS) is 12.5. The predicted molar refractivity (Wildman–Crippen MR) is 67.9 cm³/mol. The van der Waals surface area contributed by atoms with E-state index < -0.39 is 0 Å². The number of carbonyl (C=O) groups is 1. The fourth-order valence-corrected chi connectivity index (χ4v) is 2.07. The molecule has 1 rings (SSSR count). The van der Waals surface area contributed by atoms with E-state index in [1.807, 2.05) is 37.3 Å². The van der Waals surface area contributed by atoms with Gasteiger partial charge in [-0.25, -0.2) is 4.79 Å². The summed E-state index contributed by atoms with van der Waals surface area (Å²) in [4.78, 5) is 13.3. The zero-order valence-electron chi connectivity index (χ0n) is 10.9. The zero-order chi connectivity index (χ0) is 12.7. The van der Waals surface area contributed by atoms with Crippen LogP contribution in [0.1, 0.15) is 32.4 Å². The third-order valence-electron chi connectivity index (χ3n) is 2.97. The van der Waals surface area contributed by atoms with E-state index in [-0.39, 0.29) is 12.0 Å². The molecule has 0 aliphatic heterocycles. The topological polar surface area (TPSA) is 30.7 Å². The van der Waals surface area contributed by atoms with E-state index in [1.165, 1.54) is 4.90 Å². The summed E-state index contributed by atoms with van der Waals surface area (Å²) in [7, 11) is 0. The Kier molecular flexibility index (Phi) is 5.70. The lowest BCUT2D eigenvalue weighted by molar-refractivity contribution is -0.919. The van der Waals surface area contributed by atoms with Gasteiger partial charge in [-0.2, -0.15) is 0 Å². The summed E-state index contributed by atoms with van der Waals surface area (Å²) in [5.74, 6) is -0.127. The van der Waals surface area contributed by atoms with Crippen molar-refractivity contribution in [3.63, 3.8) is 0 Å². The van der Waals surface area contributed by atoms with Gasteiger partial charge in [0.1, 0.15) is 0 Å². The van der Waals surface area contributed by atoms with E-state index in [0.29, 0.717) is 6.61 Å². The fraction of sp³-hybridized carbons (Fsp3) is 0.500. The number of benzene rings is 1. The van der Waals surface area contributed by atoms with E-state index in [4.69, 9.17) is 4.74 Å². The minimum Gasteiger partial charge on any atom is -0.461 e. The van der Waals surface area contributed by atoms with Crippen LogP contribution in [0, 0.1) is 0 Å². The summed E-state index contributed by atoms with van der Waals surface area (Å²) < 4.78 is 5.18. The number of hydrogen-bond acceptors (Lipinski definition) is 2. The van der Waals surface area contributed by atoms with Crippen molar-refractivity contribution in [2.75, 3.05) is 19.7 Å². The molecule has 0 amide bonds. The predicted octanol–water partition coefficient (Wildman–Crippen LogP) is 1.22. The Morgan fingerprint density at radius 1 is 1.18 bits per heavy atom. The summed E-state index contributed by atoms with van der Waals surface area (Å²) in [6.07, 6.45) is 0. The summed E-state index contributed by atoms with van der Waals surface area (Å²) in [6.45, 7) is 8.28. The van der Waals surface area contributed by atoms with Gasteiger partial charge < -0.3 is 9.64 Å². The first kappa shape index (κ1) is 13.7. The van der Waals surface area contributed by atoms with Gasteiger partial charge in [0.2, 0.25) is 6.04 Å². The maximum absolute atomic E-state index is 12.1. The van der Waals surface area contributed by atoms with Crippen molar-refractivity contribution in [1.29, 1.82) is 0 Å². The lowest BCUT2D eigenvalue weighted by Gasteiger charge is -2.25. The van der Waals surface area contributed by atoms with Gasteiger partial charge in [0, 0.05) is 5.56 Å². The Morgan fingerprint density at radius 2 is 1.76 bits per heavy atom. The molecule has 0 aromatic heterocycles. The largest absolute Gasteiger partial charge is 0.461 e. The molecule has 1 N–H and O–H groups in total. The van der Waals surface area contributed by atoms with E-state index in [2.05, 4.69) is 13.8 Å². The number of esters is 1. The van der Waals surface area contributed by atoms with Gasteiger partial charge in [0.05, 0.1) is 19.7 Å². The van der Waals surface area contributed by atoms with E-state index >= 15 is 0 Å². The Balaban J connectivity index is 2.97. The molecule has 0 bridgehead atoms. The summed E-state index contributed by atoms with van der Waals surface area (Å²) in [6, 6.07) is 9.67. The molecule has 94 valence electrons. The number of likely N-dealkylation sites (N-methyl/N-ethyl adjacent to an activating group) is 1. The van der Waals surface area contributed by atoms with Gasteiger partial charge in [-0.15, -0.1) is 0 Å². The van der Waals surface area contributed by atoms with Crippen molar-refractivity contribution in [3.05, 3.63) is 35.9 Å². The van der Waals surface area contributed by atoms with Crippen LogP contribution in [-0.4, -0.2) is 25.7 Å². The third-order valence-corrected chi connectivity index (χ3v) is 2.97. The second-order valence-corrected chi connectivity index (χ2v) is 3.96. The molecule has 0 saturated carbocycles. The van der Waals surface area contributed by atoms with Crippen molar-refractivity contribution >= 4 is 5.97 Å². The molecular formula is C14H22NO2+. The van der Waals surface area contributed by atoms with Gasteiger partial charge in [0.25, 0.3) is 0 Å². The van der Waals surface area contributed by atoms with Crippen molar-refractivity contribution in [2.24, 2.45) is 0 Å². The Labute approximate surface area is 103 Å². The van der Waals surface area contributed by atoms with Crippen LogP contribution >= 0.6 is 0 Å². The first-order valence-electron chi connectivity index (χ1n) is 6.30. The highest BCUT2D eigenvalue weighted by Crippen LogP contribution is 2.11. The average Bonchev–Trinajstić information content (AvgIpc) is 2.37. The molecule has 0 radical (unpaired) electrons. The fourth-order valence-electron chi connectivity index (χ4n) is 2.07. The van der Waals surface area contributed by atoms with E-state index in [1.54, 1.807) is 0 Å². The summed E-state index contributed by atoms with van der Waals surface area (Å²) in [5.41, 5.74) is 1.03. The molecule has 1 atom stereocenters. The number of hydrogen-bond donors (Lipinski definition) is 1. The Hall–Kier alpha value is -1.35. The quantitative estimate of drug-likeness (QED) is 0.753. The first-order chi connectivity index (χ1) is 8.24. The Bertz CT molecular complexity index is 333. The molecule has 1 aromatic rings. The van der Waals surface area contributed by atoms with Crippen molar-refractivity contribution in [2.45, 2.75) is 26.8 Å². The van der Waals surface area contributed by atoms with Gasteiger partial charge in [-0.1, -0.05) is 30.3 Å². The SMILES string of the molecule is CCOC(=O)C(c1ccccc1)[NH+](CC)CC. The third kappa shape index (κ3) is 3.56. The molecule has 0 fully saturated rings. The van der Waals surface area contributed by atoms with Crippen LogP contribution in [0.25, 0.3) is 0 Å². The van der Waals surface area contributed by atoms with Crippen LogP contribution in [0.4, 0.5) is 0 Å². The molecule has 0 aliphatic carbocycles. The molecule has 0 spiro atoms. The average molecular weight is 236 g/mol. The van der Waals surface area contributed by atoms with Gasteiger partial charge in [-0.3, -0.25) is 0 Å². The molecule has 3 heteroatoms. The maximum Gasteiger partial charge on any atom is 0.369 e. The molecule has 0 saturated heterocycles. The highest BCUT2D eigenvalue weighted by atomic mass is 16.5. The number of carbonyl (C=O) groups excluding carboxylic acids is 1. The highest BCUT2D eigenvalue weighted by molar-refractivity contribution is 5.76. The first-order valence-corrected chi connectivity index (χ1v) is 6.30. The van der Waals surface area contributed by atoms with Crippen LogP contribution in [0.2, 0.25) is 0 Å². The molecule has 0 heterocycles. The second kappa shape index (κ2) is 7.07.